The molecule has 46 heavy (non-hydrogen) atoms. The van der Waals surface area contributed by atoms with Gasteiger partial charge in [-0.05, 0) is 53.6 Å². The van der Waals surface area contributed by atoms with Gasteiger partial charge >= 0.3 is 6.09 Å². The number of para-hydroxylation sites is 2. The highest BCUT2D eigenvalue weighted by atomic mass is 16.6. The van der Waals surface area contributed by atoms with Crippen LogP contribution in [0.15, 0.2) is 72.8 Å². The molecular weight excluding hydrogens is 580 g/mol. The number of methoxy groups -OCH3 is 1. The number of hydrogen-bond acceptors (Lipinski definition) is 7. The van der Waals surface area contributed by atoms with E-state index in [1.54, 1.807) is 7.11 Å². The van der Waals surface area contributed by atoms with Crippen LogP contribution in [0.25, 0.3) is 22.2 Å². The van der Waals surface area contributed by atoms with Gasteiger partial charge in [0.05, 0.1) is 28.9 Å². The van der Waals surface area contributed by atoms with Crippen molar-refractivity contribution in [1.82, 2.24) is 25.1 Å². The molecule has 1 unspecified atom stereocenters. The molecule has 2 saturated heterocycles. The third-order valence-electron chi connectivity index (χ3n) is 9.80. The molecule has 2 aliphatic heterocycles. The van der Waals surface area contributed by atoms with Crippen LogP contribution in [0.4, 0.5) is 4.79 Å². The summed E-state index contributed by atoms with van der Waals surface area (Å²) in [4.78, 5) is 34.2. The normalized spacial score (nSPS) is 21.6. The summed E-state index contributed by atoms with van der Waals surface area (Å²) in [5, 5.41) is 6.27. The maximum atomic E-state index is 14.0. The standard InChI is InChI=1S/C36H42N6O4/c1-45-19-9-18-42-31-16-7-6-15-29(31)39-34(42)23-10-8-17-41(22-23)35(43)28-20-38-21-30(28)40-36(44)46-33(37)32-26-13-4-2-11-24(26)25-12-3-5-14-27(25)32/h2-7,11-16,23,28,30,32-33,38H,8-10,17-22,37H2,1H3,(H,40,44)/t23-,28+,30-,33?/m1/s1. The number of nitrogens with one attached hydrogen (secondary N) is 2. The van der Waals surface area contributed by atoms with Crippen LogP contribution in [-0.2, 0) is 20.8 Å². The van der Waals surface area contributed by atoms with Gasteiger partial charge in [-0.2, -0.15) is 0 Å². The zero-order valence-corrected chi connectivity index (χ0v) is 26.2. The molecule has 2 fully saturated rings. The summed E-state index contributed by atoms with van der Waals surface area (Å²) in [5.74, 6) is 0.553. The lowest BCUT2D eigenvalue weighted by molar-refractivity contribution is -0.136. The molecule has 4 N–H and O–H groups in total. The smallest absolute Gasteiger partial charge is 0.409 e. The first kappa shape index (κ1) is 30.4. The highest BCUT2D eigenvalue weighted by molar-refractivity contribution is 5.82. The Morgan fingerprint density at radius 1 is 1.02 bits per heavy atom. The molecular formula is C36H42N6O4. The number of benzene rings is 3. The number of aromatic nitrogens is 2. The van der Waals surface area contributed by atoms with Crippen LogP contribution in [0.3, 0.4) is 0 Å². The van der Waals surface area contributed by atoms with Crippen LogP contribution >= 0.6 is 0 Å². The molecule has 3 aromatic carbocycles. The van der Waals surface area contributed by atoms with Crippen LogP contribution in [0.5, 0.6) is 0 Å². The van der Waals surface area contributed by atoms with Crippen molar-refractivity contribution in [2.45, 2.75) is 49.9 Å². The van der Waals surface area contributed by atoms with Crippen LogP contribution in [0.2, 0.25) is 0 Å². The second kappa shape index (κ2) is 13.2. The van der Waals surface area contributed by atoms with Crippen molar-refractivity contribution in [2.75, 3.05) is 39.9 Å². The van der Waals surface area contributed by atoms with Crippen LogP contribution in [-0.4, -0.2) is 78.6 Å². The topological polar surface area (TPSA) is 124 Å². The fraction of sp³-hybridized carbons (Fsp3) is 0.417. The Morgan fingerprint density at radius 3 is 2.50 bits per heavy atom. The first-order valence-corrected chi connectivity index (χ1v) is 16.4. The minimum atomic E-state index is -0.876. The number of alkyl carbamates (subject to hydrolysis) is 1. The predicted octanol–water partition coefficient (Wildman–Crippen LogP) is 4.19. The Morgan fingerprint density at radius 2 is 1.74 bits per heavy atom. The number of imidazole rings is 1. The Balaban J connectivity index is 1.01. The first-order valence-electron chi connectivity index (χ1n) is 16.4. The Hall–Kier alpha value is -4.25. The van der Waals surface area contributed by atoms with Crippen molar-refractivity contribution >= 4 is 23.0 Å². The molecule has 10 nitrogen and oxygen atoms in total. The summed E-state index contributed by atoms with van der Waals surface area (Å²) in [6, 6.07) is 24.0. The largest absolute Gasteiger partial charge is 0.430 e. The second-order valence-corrected chi connectivity index (χ2v) is 12.6. The number of aryl methyl sites for hydroxylation is 1. The maximum Gasteiger partial charge on any atom is 0.409 e. The van der Waals surface area contributed by atoms with Gasteiger partial charge in [0.25, 0.3) is 0 Å². The second-order valence-electron chi connectivity index (χ2n) is 12.6. The molecule has 1 aliphatic carbocycles. The summed E-state index contributed by atoms with van der Waals surface area (Å²) in [5.41, 5.74) is 13.0. The monoisotopic (exact) mass is 622 g/mol. The lowest BCUT2D eigenvalue weighted by Crippen LogP contribution is -2.50. The van der Waals surface area contributed by atoms with E-state index in [0.29, 0.717) is 32.8 Å². The summed E-state index contributed by atoms with van der Waals surface area (Å²) < 4.78 is 13.4. The first-order chi connectivity index (χ1) is 22.5. The fourth-order valence-corrected chi connectivity index (χ4v) is 7.65. The van der Waals surface area contributed by atoms with Gasteiger partial charge in [-0.3, -0.25) is 10.5 Å². The Kier molecular flexibility index (Phi) is 8.75. The van der Waals surface area contributed by atoms with E-state index in [2.05, 4.69) is 33.4 Å². The maximum absolute atomic E-state index is 14.0. The number of likely N-dealkylation sites (tertiary alicyclic amines) is 1. The number of amides is 2. The van der Waals surface area contributed by atoms with Gasteiger partial charge in [0, 0.05) is 52.4 Å². The van der Waals surface area contributed by atoms with E-state index in [1.807, 2.05) is 59.5 Å². The molecule has 7 rings (SSSR count). The van der Waals surface area contributed by atoms with E-state index in [4.69, 9.17) is 20.2 Å². The van der Waals surface area contributed by atoms with Crippen LogP contribution in [0.1, 0.15) is 48.0 Å². The number of rotatable bonds is 9. The lowest BCUT2D eigenvalue weighted by atomic mass is 9.94. The average Bonchev–Trinajstić information content (AvgIpc) is 3.79. The number of fused-ring (bicyclic) bond motifs is 4. The van der Waals surface area contributed by atoms with Crippen molar-refractivity contribution in [3.05, 3.63) is 89.7 Å². The summed E-state index contributed by atoms with van der Waals surface area (Å²) in [7, 11) is 1.72. The van der Waals surface area contributed by atoms with E-state index in [9.17, 15) is 9.59 Å². The van der Waals surface area contributed by atoms with Crippen molar-refractivity contribution in [3.8, 4) is 11.1 Å². The molecule has 1 aromatic heterocycles. The third kappa shape index (κ3) is 5.77. The molecule has 240 valence electrons. The highest BCUT2D eigenvalue weighted by Crippen LogP contribution is 2.45. The fourth-order valence-electron chi connectivity index (χ4n) is 7.65. The third-order valence-corrected chi connectivity index (χ3v) is 9.80. The van der Waals surface area contributed by atoms with Crippen LogP contribution < -0.4 is 16.4 Å². The molecule has 0 radical (unpaired) electrons. The van der Waals surface area contributed by atoms with Gasteiger partial charge in [-0.25, -0.2) is 9.78 Å². The molecule has 0 saturated carbocycles. The SMILES string of the molecule is COCCCn1c([C@@H]2CCCN(C(=O)[C@H]3CNC[C@H]3NC(=O)OC(N)C3c4ccccc4-c4ccccc43)C2)nc2ccccc21. The Bertz CT molecular complexity index is 1680. The van der Waals surface area contributed by atoms with Crippen LogP contribution in [0, 0.1) is 5.92 Å². The number of piperidine rings is 1. The van der Waals surface area contributed by atoms with Gasteiger partial charge in [0.1, 0.15) is 5.82 Å². The zero-order valence-electron chi connectivity index (χ0n) is 26.2. The van der Waals surface area contributed by atoms with Gasteiger partial charge in [0.2, 0.25) is 5.91 Å². The number of ether oxygens (including phenoxy) is 2. The minimum absolute atomic E-state index is 0.0463. The van der Waals surface area contributed by atoms with Gasteiger partial charge in [0.15, 0.2) is 6.23 Å². The van der Waals surface area contributed by atoms with Gasteiger partial charge in [-0.1, -0.05) is 60.7 Å². The number of carbonyl (C=O) groups excluding carboxylic acids is 2. The molecule has 10 heteroatoms. The van der Waals surface area contributed by atoms with Gasteiger partial charge < -0.3 is 29.6 Å². The zero-order chi connectivity index (χ0) is 31.6. The summed E-state index contributed by atoms with van der Waals surface area (Å²) in [6.07, 6.45) is 1.28. The van der Waals surface area contributed by atoms with E-state index < -0.39 is 24.3 Å². The predicted molar refractivity (Wildman–Crippen MR) is 176 cm³/mol. The summed E-state index contributed by atoms with van der Waals surface area (Å²) in [6.45, 7) is 3.77. The molecule has 4 aromatic rings. The van der Waals surface area contributed by atoms with Crippen molar-refractivity contribution < 1.29 is 19.1 Å². The number of nitrogens with two attached hydrogens (primary N) is 1. The van der Waals surface area contributed by atoms with E-state index >= 15 is 0 Å². The van der Waals surface area contributed by atoms with Crippen molar-refractivity contribution in [2.24, 2.45) is 11.7 Å². The number of hydrogen-bond donors (Lipinski definition) is 3. The Labute approximate surface area is 269 Å². The molecule has 3 heterocycles. The lowest BCUT2D eigenvalue weighted by Gasteiger charge is -2.35. The average molecular weight is 623 g/mol. The molecule has 0 spiro atoms. The van der Waals surface area contributed by atoms with E-state index in [1.165, 1.54) is 0 Å². The highest BCUT2D eigenvalue weighted by Gasteiger charge is 2.40. The molecule has 2 amide bonds. The quantitative estimate of drug-likeness (QED) is 0.189. The van der Waals surface area contributed by atoms with Crippen molar-refractivity contribution in [3.63, 3.8) is 0 Å². The summed E-state index contributed by atoms with van der Waals surface area (Å²) >= 11 is 0. The minimum Gasteiger partial charge on any atom is -0.430 e. The van der Waals surface area contributed by atoms with Gasteiger partial charge in [-0.15, -0.1) is 0 Å². The molecule has 4 atom stereocenters. The molecule has 3 aliphatic rings. The van der Waals surface area contributed by atoms with E-state index in [0.717, 1.165) is 64.9 Å². The number of nitrogens with zero attached hydrogens (tertiary/aromatic N) is 3. The number of carbonyl (C=O) groups is 2. The molecule has 0 bridgehead atoms. The van der Waals surface area contributed by atoms with Crippen molar-refractivity contribution in [1.29, 1.82) is 0 Å². The van der Waals surface area contributed by atoms with E-state index in [-0.39, 0.29) is 17.7 Å².